The maximum absolute atomic E-state index is 13.3. The van der Waals surface area contributed by atoms with Crippen molar-refractivity contribution >= 4 is 5.97 Å². The van der Waals surface area contributed by atoms with Crippen molar-refractivity contribution in [2.75, 3.05) is 19.8 Å². The number of ether oxygens (including phenoxy) is 2. The molecule has 1 aliphatic heterocycles. The minimum atomic E-state index is -1.57. The van der Waals surface area contributed by atoms with E-state index >= 15 is 0 Å². The van der Waals surface area contributed by atoms with E-state index in [2.05, 4.69) is 26.8 Å². The summed E-state index contributed by atoms with van der Waals surface area (Å²) in [6.45, 7) is 7.89. The summed E-state index contributed by atoms with van der Waals surface area (Å²) in [4.78, 5) is 13.3. The fraction of sp³-hybridized carbons (Fsp3) is 0.925. The normalized spacial score (nSPS) is 53.6. The van der Waals surface area contributed by atoms with E-state index in [1.165, 1.54) is 5.57 Å². The number of allylic oxidation sites excluding steroid dienone is 2. The summed E-state index contributed by atoms with van der Waals surface area (Å²) in [6.07, 6.45) is 3.82. The van der Waals surface area contributed by atoms with Gasteiger partial charge in [-0.15, -0.1) is 0 Å². The molecule has 0 bridgehead atoms. The zero-order valence-electron chi connectivity index (χ0n) is 31.0. The van der Waals surface area contributed by atoms with Crippen molar-refractivity contribution in [3.63, 3.8) is 0 Å². The van der Waals surface area contributed by atoms with Crippen LogP contribution in [0.25, 0.3) is 0 Å². The minimum absolute atomic E-state index is 0.0396. The predicted octanol–water partition coefficient (Wildman–Crippen LogP) is 3.14. The van der Waals surface area contributed by atoms with E-state index in [0.29, 0.717) is 50.9 Å². The van der Waals surface area contributed by atoms with Gasteiger partial charge in [0.2, 0.25) is 0 Å². The monoisotopic (exact) mass is 720 g/mol. The van der Waals surface area contributed by atoms with Gasteiger partial charge in [0.15, 0.2) is 6.29 Å². The van der Waals surface area contributed by atoms with E-state index in [-0.39, 0.29) is 47.2 Å². The Morgan fingerprint density at radius 1 is 0.902 bits per heavy atom. The van der Waals surface area contributed by atoms with E-state index in [1.54, 1.807) is 0 Å². The van der Waals surface area contributed by atoms with Crippen LogP contribution < -0.4 is 0 Å². The molecule has 290 valence electrons. The number of carboxylic acids is 1. The van der Waals surface area contributed by atoms with E-state index < -0.39 is 71.7 Å². The first-order valence-corrected chi connectivity index (χ1v) is 19.8. The molecule has 0 radical (unpaired) electrons. The Hall–Kier alpha value is -1.15. The molecule has 11 heteroatoms. The van der Waals surface area contributed by atoms with Crippen LogP contribution in [0.3, 0.4) is 0 Å². The van der Waals surface area contributed by atoms with Crippen LogP contribution in [0.4, 0.5) is 0 Å². The molecular weight excluding hydrogens is 656 g/mol. The zero-order chi connectivity index (χ0) is 36.9. The number of rotatable bonds is 7. The van der Waals surface area contributed by atoms with Crippen molar-refractivity contribution in [2.45, 2.75) is 154 Å². The molecule has 0 aromatic heterocycles. The summed E-state index contributed by atoms with van der Waals surface area (Å²) in [6, 6.07) is 0. The molecule has 6 aliphatic carbocycles. The highest BCUT2D eigenvalue weighted by molar-refractivity contribution is 5.76. The number of aliphatic hydroxyl groups is 7. The van der Waals surface area contributed by atoms with Crippen LogP contribution in [0.2, 0.25) is 0 Å². The number of aliphatic hydroxyl groups excluding tert-OH is 7. The Morgan fingerprint density at radius 3 is 2.24 bits per heavy atom. The first-order valence-electron chi connectivity index (χ1n) is 19.8. The Kier molecular flexibility index (Phi) is 9.70. The molecule has 0 spiro atoms. The van der Waals surface area contributed by atoms with Crippen molar-refractivity contribution < 1.29 is 55.1 Å². The topological polar surface area (TPSA) is 197 Å². The molecule has 16 unspecified atom stereocenters. The van der Waals surface area contributed by atoms with E-state index in [4.69, 9.17) is 9.47 Å². The number of aliphatic carboxylic acids is 1. The van der Waals surface area contributed by atoms with E-state index in [9.17, 15) is 45.6 Å². The van der Waals surface area contributed by atoms with Crippen LogP contribution in [-0.4, -0.2) is 110 Å². The van der Waals surface area contributed by atoms with Crippen LogP contribution in [-0.2, 0) is 14.3 Å². The lowest BCUT2D eigenvalue weighted by Gasteiger charge is -2.73. The first kappa shape index (κ1) is 38.1. The highest BCUT2D eigenvalue weighted by Crippen LogP contribution is 2.78. The van der Waals surface area contributed by atoms with Crippen LogP contribution in [0, 0.1) is 56.2 Å². The van der Waals surface area contributed by atoms with Gasteiger partial charge in [-0.05, 0) is 111 Å². The first-order chi connectivity index (χ1) is 24.0. The van der Waals surface area contributed by atoms with Crippen LogP contribution in [0.15, 0.2) is 11.6 Å². The van der Waals surface area contributed by atoms with Crippen molar-refractivity contribution in [3.05, 3.63) is 11.6 Å². The summed E-state index contributed by atoms with van der Waals surface area (Å²) < 4.78 is 11.9. The second-order valence-corrected chi connectivity index (χ2v) is 19.2. The highest BCUT2D eigenvalue weighted by atomic mass is 16.7. The summed E-state index contributed by atoms with van der Waals surface area (Å²) in [7, 11) is 0. The molecule has 8 N–H and O–H groups in total. The molecule has 11 nitrogen and oxygen atoms in total. The number of carbonyl (C=O) groups is 1. The van der Waals surface area contributed by atoms with Gasteiger partial charge >= 0.3 is 5.97 Å². The van der Waals surface area contributed by atoms with Crippen molar-refractivity contribution in [1.82, 2.24) is 0 Å². The standard InChI is InChI=1S/C40H64O11/c1-35(21-42)13-14-39(34(48)49)15-16-40(22-7-5-6-8-22)23(24(39)17-35)9-10-27-36(2)18-25(43)32(51-33-31(47)30(46)26(44)20-50-33)38(4,29(45)19-41)28(36)11-12-37(27,40)3/h9,22,24-33,41-47H,5-8,10-21H2,1-4H3,(H,48,49). The van der Waals surface area contributed by atoms with Crippen LogP contribution >= 0.6 is 0 Å². The van der Waals surface area contributed by atoms with Gasteiger partial charge in [0.1, 0.15) is 18.3 Å². The highest BCUT2D eigenvalue weighted by Gasteiger charge is 2.74. The molecule has 16 atom stereocenters. The zero-order valence-corrected chi connectivity index (χ0v) is 31.0. The van der Waals surface area contributed by atoms with Crippen molar-refractivity contribution in [1.29, 1.82) is 0 Å². The number of fused-ring (bicyclic) bond motifs is 7. The average molecular weight is 721 g/mol. The average Bonchev–Trinajstić information content (AvgIpc) is 3.64. The molecule has 7 rings (SSSR count). The van der Waals surface area contributed by atoms with Crippen LogP contribution in [0.5, 0.6) is 0 Å². The lowest BCUT2D eigenvalue weighted by molar-refractivity contribution is -0.336. The third-order valence-corrected chi connectivity index (χ3v) is 17.1. The maximum atomic E-state index is 13.3. The molecule has 51 heavy (non-hydrogen) atoms. The van der Waals surface area contributed by atoms with Gasteiger partial charge in [-0.25, -0.2) is 0 Å². The van der Waals surface area contributed by atoms with Gasteiger partial charge in [-0.1, -0.05) is 52.2 Å². The number of carboxylic acid groups (broad SMARTS) is 1. The number of hydrogen-bond acceptors (Lipinski definition) is 10. The van der Waals surface area contributed by atoms with E-state index in [1.807, 2.05) is 6.92 Å². The second kappa shape index (κ2) is 13.0. The maximum Gasteiger partial charge on any atom is 0.310 e. The second-order valence-electron chi connectivity index (χ2n) is 19.2. The van der Waals surface area contributed by atoms with E-state index in [0.717, 1.165) is 38.5 Å². The third kappa shape index (κ3) is 5.18. The Balaban J connectivity index is 1.31. The van der Waals surface area contributed by atoms with Gasteiger partial charge in [-0.2, -0.15) is 0 Å². The van der Waals surface area contributed by atoms with Gasteiger partial charge in [-0.3, -0.25) is 4.79 Å². The molecular formula is C40H64O11. The van der Waals surface area contributed by atoms with Crippen LogP contribution in [0.1, 0.15) is 111 Å². The summed E-state index contributed by atoms with van der Waals surface area (Å²) >= 11 is 0. The molecule has 0 amide bonds. The lowest BCUT2D eigenvalue weighted by Crippen LogP contribution is -2.71. The van der Waals surface area contributed by atoms with Crippen molar-refractivity contribution in [3.8, 4) is 0 Å². The summed E-state index contributed by atoms with van der Waals surface area (Å²) in [5.74, 6) is -0.546. The fourth-order valence-corrected chi connectivity index (χ4v) is 14.4. The molecule has 5 saturated carbocycles. The quantitative estimate of drug-likeness (QED) is 0.142. The Labute approximate surface area is 302 Å². The molecule has 7 aliphatic rings. The largest absolute Gasteiger partial charge is 0.481 e. The lowest BCUT2D eigenvalue weighted by atomic mass is 9.31. The van der Waals surface area contributed by atoms with Gasteiger partial charge < -0.3 is 50.3 Å². The molecule has 1 heterocycles. The van der Waals surface area contributed by atoms with Gasteiger partial charge in [0.05, 0.1) is 36.9 Å². The minimum Gasteiger partial charge on any atom is -0.481 e. The molecule has 6 fully saturated rings. The van der Waals surface area contributed by atoms with Gasteiger partial charge in [0, 0.05) is 17.4 Å². The smallest absolute Gasteiger partial charge is 0.310 e. The Morgan fingerprint density at radius 2 is 1.59 bits per heavy atom. The third-order valence-electron chi connectivity index (χ3n) is 17.1. The SMILES string of the molecule is CC1(CO)CCC2(C(=O)O)CCC3(C4CCCC4)C(=CCC4C5(C)CC(O)C(OC6OCC(O)C(O)C6O)C(C)(C(O)CO)C5CCC43C)C2C1. The summed E-state index contributed by atoms with van der Waals surface area (Å²) in [5.41, 5.74) is -1.95. The molecule has 0 aromatic carbocycles. The molecule has 0 aromatic rings. The van der Waals surface area contributed by atoms with Gasteiger partial charge in [0.25, 0.3) is 0 Å². The fourth-order valence-electron chi connectivity index (χ4n) is 14.4. The summed E-state index contributed by atoms with van der Waals surface area (Å²) in [5, 5.41) is 87.0. The van der Waals surface area contributed by atoms with Crippen molar-refractivity contribution in [2.24, 2.45) is 56.2 Å². The Bertz CT molecular complexity index is 1370. The number of hydrogen-bond donors (Lipinski definition) is 8. The molecule has 1 saturated heterocycles. The predicted molar refractivity (Wildman–Crippen MR) is 186 cm³/mol.